The number of rotatable bonds is 7. The van der Waals surface area contributed by atoms with Crippen molar-refractivity contribution in [2.24, 2.45) is 0 Å². The number of carbonyl (C=O) groups excluding carboxylic acids is 2. The Hall–Kier alpha value is -3.27. The first kappa shape index (κ1) is 24.8. The molecule has 1 saturated carbocycles. The number of hydrogen-bond acceptors (Lipinski definition) is 5. The second kappa shape index (κ2) is 10.2. The van der Waals surface area contributed by atoms with Gasteiger partial charge >= 0.3 is 13.7 Å². The fraction of sp³-hybridized carbons (Fsp3) is 0.391. The SMILES string of the molecule is O=C(N[C@@H](CP(=O)(O)O)C(=O)N1CCN(C(=O)O)CC1)c1cc(C2CC2)cc(-c2ccccc2)n1. The van der Waals surface area contributed by atoms with Crippen molar-refractivity contribution in [3.05, 3.63) is 53.7 Å². The summed E-state index contributed by atoms with van der Waals surface area (Å²) in [5.41, 5.74) is 2.44. The Morgan fingerprint density at radius 1 is 1.03 bits per heavy atom. The molecule has 2 aromatic rings. The van der Waals surface area contributed by atoms with Crippen LogP contribution in [-0.2, 0) is 9.36 Å². The highest BCUT2D eigenvalue weighted by atomic mass is 31.2. The molecule has 3 amide bonds. The van der Waals surface area contributed by atoms with Crippen LogP contribution in [0.25, 0.3) is 11.3 Å². The minimum absolute atomic E-state index is 0.0617. The molecule has 1 aromatic heterocycles. The number of carboxylic acid groups (broad SMARTS) is 1. The van der Waals surface area contributed by atoms with E-state index in [0.717, 1.165) is 28.9 Å². The third-order valence-corrected chi connectivity index (χ3v) is 6.93. The first-order valence-electron chi connectivity index (χ1n) is 11.3. The highest BCUT2D eigenvalue weighted by Crippen LogP contribution is 2.41. The number of piperazine rings is 1. The largest absolute Gasteiger partial charge is 0.465 e. The van der Waals surface area contributed by atoms with E-state index < -0.39 is 37.7 Å². The van der Waals surface area contributed by atoms with Gasteiger partial charge in [-0.2, -0.15) is 0 Å². The van der Waals surface area contributed by atoms with Gasteiger partial charge in [0.2, 0.25) is 5.91 Å². The lowest BCUT2D eigenvalue weighted by Crippen LogP contribution is -2.56. The zero-order valence-corrected chi connectivity index (χ0v) is 19.8. The van der Waals surface area contributed by atoms with Gasteiger partial charge in [-0.1, -0.05) is 30.3 Å². The lowest BCUT2D eigenvalue weighted by atomic mass is 10.0. The molecule has 1 aliphatic carbocycles. The van der Waals surface area contributed by atoms with Crippen molar-refractivity contribution in [3.63, 3.8) is 0 Å². The lowest BCUT2D eigenvalue weighted by molar-refractivity contribution is -0.134. The predicted molar refractivity (Wildman–Crippen MR) is 126 cm³/mol. The number of hydrogen-bond donors (Lipinski definition) is 4. The second-order valence-electron chi connectivity index (χ2n) is 8.78. The summed E-state index contributed by atoms with van der Waals surface area (Å²) in [6.45, 7) is 0.268. The summed E-state index contributed by atoms with van der Waals surface area (Å²) in [5.74, 6) is -1.06. The van der Waals surface area contributed by atoms with Crippen LogP contribution in [-0.4, -0.2) is 86.0 Å². The Kier molecular flexibility index (Phi) is 7.20. The highest BCUT2D eigenvalue weighted by Gasteiger charge is 2.35. The Labute approximate surface area is 201 Å². The molecule has 0 radical (unpaired) electrons. The van der Waals surface area contributed by atoms with E-state index in [1.165, 1.54) is 4.90 Å². The van der Waals surface area contributed by atoms with Crippen molar-refractivity contribution in [1.82, 2.24) is 20.1 Å². The first-order valence-corrected chi connectivity index (χ1v) is 13.1. The number of amides is 3. The predicted octanol–water partition coefficient (Wildman–Crippen LogP) is 1.72. The van der Waals surface area contributed by atoms with Crippen molar-refractivity contribution < 1.29 is 33.8 Å². The molecule has 35 heavy (non-hydrogen) atoms. The van der Waals surface area contributed by atoms with E-state index in [0.29, 0.717) is 11.6 Å². The fourth-order valence-corrected chi connectivity index (χ4v) is 4.79. The topological polar surface area (TPSA) is 160 Å². The molecule has 0 spiro atoms. The van der Waals surface area contributed by atoms with E-state index in [2.05, 4.69) is 10.3 Å². The van der Waals surface area contributed by atoms with Crippen LogP contribution in [0, 0.1) is 0 Å². The van der Waals surface area contributed by atoms with Crippen molar-refractivity contribution in [2.75, 3.05) is 32.3 Å². The van der Waals surface area contributed by atoms with E-state index in [-0.39, 0.29) is 31.9 Å². The van der Waals surface area contributed by atoms with Gasteiger partial charge in [-0.25, -0.2) is 9.78 Å². The Morgan fingerprint density at radius 2 is 1.66 bits per heavy atom. The standard InChI is InChI=1S/C23H27N4O7P/c28-21(19-13-17(15-6-7-15)12-18(24-19)16-4-2-1-3-5-16)25-20(14-35(32,33)34)22(29)26-8-10-27(11-9-26)23(30)31/h1-5,12-13,15,20H,6-11,14H2,(H,25,28)(H,30,31)(H2,32,33,34)/t20-/m0/s1. The maximum atomic E-state index is 13.2. The second-order valence-corrected chi connectivity index (χ2v) is 10.5. The van der Waals surface area contributed by atoms with Crippen molar-refractivity contribution >= 4 is 25.5 Å². The van der Waals surface area contributed by atoms with Crippen LogP contribution in [0.15, 0.2) is 42.5 Å². The molecular formula is C23H27N4O7P. The zero-order chi connectivity index (χ0) is 25.2. The molecular weight excluding hydrogens is 475 g/mol. The average molecular weight is 502 g/mol. The molecule has 0 unspecified atom stereocenters. The van der Waals surface area contributed by atoms with Crippen LogP contribution in [0.2, 0.25) is 0 Å². The minimum atomic E-state index is -4.66. The van der Waals surface area contributed by atoms with Gasteiger partial charge in [0, 0.05) is 31.7 Å². The van der Waals surface area contributed by atoms with Crippen LogP contribution in [0.4, 0.5) is 4.79 Å². The Bertz CT molecular complexity index is 1160. The van der Waals surface area contributed by atoms with Crippen molar-refractivity contribution in [3.8, 4) is 11.3 Å². The van der Waals surface area contributed by atoms with Gasteiger partial charge in [-0.3, -0.25) is 14.2 Å². The van der Waals surface area contributed by atoms with E-state index in [9.17, 15) is 28.7 Å². The number of pyridine rings is 1. The van der Waals surface area contributed by atoms with Crippen LogP contribution in [0.1, 0.15) is 34.8 Å². The summed E-state index contributed by atoms with van der Waals surface area (Å²) in [7, 11) is -4.66. The highest BCUT2D eigenvalue weighted by molar-refractivity contribution is 7.51. The third kappa shape index (κ3) is 6.45. The molecule has 11 nitrogen and oxygen atoms in total. The van der Waals surface area contributed by atoms with Gasteiger partial charge in [0.15, 0.2) is 0 Å². The number of carbonyl (C=O) groups is 3. The molecule has 12 heteroatoms. The van der Waals surface area contributed by atoms with Crippen LogP contribution in [0.3, 0.4) is 0 Å². The molecule has 4 rings (SSSR count). The maximum Gasteiger partial charge on any atom is 0.407 e. The summed E-state index contributed by atoms with van der Waals surface area (Å²) < 4.78 is 11.7. The maximum absolute atomic E-state index is 13.2. The van der Waals surface area contributed by atoms with E-state index in [4.69, 9.17) is 5.11 Å². The molecule has 2 fully saturated rings. The molecule has 1 aromatic carbocycles. The lowest BCUT2D eigenvalue weighted by Gasteiger charge is -2.35. The Morgan fingerprint density at radius 3 is 2.23 bits per heavy atom. The normalized spacial score (nSPS) is 17.1. The van der Waals surface area contributed by atoms with Crippen LogP contribution >= 0.6 is 7.60 Å². The van der Waals surface area contributed by atoms with Gasteiger partial charge in [0.05, 0.1) is 11.9 Å². The van der Waals surface area contributed by atoms with E-state index >= 15 is 0 Å². The van der Waals surface area contributed by atoms with Crippen molar-refractivity contribution in [2.45, 2.75) is 24.8 Å². The van der Waals surface area contributed by atoms with E-state index in [1.807, 2.05) is 36.4 Å². The van der Waals surface area contributed by atoms with Crippen molar-refractivity contribution in [1.29, 1.82) is 0 Å². The summed E-state index contributed by atoms with van der Waals surface area (Å²) in [6.07, 6.45) is 0.0277. The smallest absolute Gasteiger partial charge is 0.407 e. The van der Waals surface area contributed by atoms with Gasteiger partial charge in [-0.15, -0.1) is 0 Å². The summed E-state index contributed by atoms with van der Waals surface area (Å²) in [6, 6.07) is 11.4. The quantitative estimate of drug-likeness (QED) is 0.417. The first-order chi connectivity index (χ1) is 16.6. The molecule has 1 saturated heterocycles. The number of nitrogens with zero attached hydrogens (tertiary/aromatic N) is 3. The van der Waals surface area contributed by atoms with E-state index in [1.54, 1.807) is 6.07 Å². The summed E-state index contributed by atoms with van der Waals surface area (Å²) in [4.78, 5) is 63.4. The minimum Gasteiger partial charge on any atom is -0.465 e. The van der Waals surface area contributed by atoms with Gasteiger partial charge in [0.25, 0.3) is 5.91 Å². The zero-order valence-electron chi connectivity index (χ0n) is 18.9. The van der Waals surface area contributed by atoms with Crippen LogP contribution in [0.5, 0.6) is 0 Å². The van der Waals surface area contributed by atoms with Gasteiger partial charge in [-0.05, 0) is 36.5 Å². The van der Waals surface area contributed by atoms with Gasteiger partial charge < -0.3 is 30.0 Å². The monoisotopic (exact) mass is 502 g/mol. The molecule has 1 atom stereocenters. The third-order valence-electron chi connectivity index (χ3n) is 6.08. The molecule has 0 bridgehead atoms. The number of aromatic nitrogens is 1. The number of benzene rings is 1. The molecule has 4 N–H and O–H groups in total. The van der Waals surface area contributed by atoms with Gasteiger partial charge in [0.1, 0.15) is 11.7 Å². The molecule has 2 heterocycles. The molecule has 1 aliphatic heterocycles. The fourth-order valence-electron chi connectivity index (χ4n) is 4.07. The summed E-state index contributed by atoms with van der Waals surface area (Å²) in [5, 5.41) is 11.6. The Balaban J connectivity index is 1.56. The average Bonchev–Trinajstić information content (AvgIpc) is 3.68. The number of nitrogens with one attached hydrogen (secondary N) is 1. The molecule has 2 aliphatic rings. The molecule has 186 valence electrons. The van der Waals surface area contributed by atoms with Crippen LogP contribution < -0.4 is 5.32 Å². The summed E-state index contributed by atoms with van der Waals surface area (Å²) >= 11 is 0.